The van der Waals surface area contributed by atoms with Gasteiger partial charge in [0.2, 0.25) is 0 Å². The van der Waals surface area contributed by atoms with Crippen molar-refractivity contribution in [3.05, 3.63) is 32.4 Å². The molecule has 0 saturated carbocycles. The van der Waals surface area contributed by atoms with Gasteiger partial charge in [-0.1, -0.05) is 13.8 Å². The molecule has 0 aliphatic carbocycles. The van der Waals surface area contributed by atoms with E-state index in [0.29, 0.717) is 25.9 Å². The Hall–Kier alpha value is -2.23. The number of nitrogens with zero attached hydrogens (tertiary/aromatic N) is 3. The molecule has 1 rings (SSSR count). The predicted molar refractivity (Wildman–Crippen MR) is 85.7 cm³/mol. The highest BCUT2D eigenvalue weighted by Gasteiger charge is 2.37. The van der Waals surface area contributed by atoms with Crippen LogP contribution in [0.4, 0.5) is 17.1 Å². The molecule has 0 amide bonds. The highest BCUT2D eigenvalue weighted by Crippen LogP contribution is 2.40. The van der Waals surface area contributed by atoms with Crippen molar-refractivity contribution in [3.63, 3.8) is 0 Å². The summed E-state index contributed by atoms with van der Waals surface area (Å²) in [5.74, 6) is 0. The molecule has 0 atom stereocenters. The van der Waals surface area contributed by atoms with Crippen molar-refractivity contribution < 1.29 is 18.3 Å². The van der Waals surface area contributed by atoms with Crippen molar-refractivity contribution in [1.82, 2.24) is 0 Å². The van der Waals surface area contributed by atoms with Crippen molar-refractivity contribution in [1.29, 1.82) is 0 Å². The second kappa shape index (κ2) is 7.36. The van der Waals surface area contributed by atoms with Gasteiger partial charge in [0.1, 0.15) is 0 Å². The molecule has 0 fully saturated rings. The molecule has 0 radical (unpaired) electrons. The van der Waals surface area contributed by atoms with Crippen LogP contribution in [0.25, 0.3) is 0 Å². The molecule has 0 N–H and O–H groups in total. The topological polar surface area (TPSA) is 124 Å². The molecule has 0 bridgehead atoms. The van der Waals surface area contributed by atoms with Crippen LogP contribution in [0.1, 0.15) is 26.7 Å². The largest absolute Gasteiger partial charge is 0.370 e. The standard InChI is InChI=1S/C13H19N3O6S/c1-4-8-14(9-5-2)11-7-6-10(15(17)18)12(16(19)20)13(11)23(3,21)22/h6-7H,4-5,8-9H2,1-3H3. The van der Waals surface area contributed by atoms with Crippen LogP contribution in [0.15, 0.2) is 17.0 Å². The Morgan fingerprint density at radius 3 is 1.91 bits per heavy atom. The number of anilines is 1. The molecule has 0 aromatic heterocycles. The lowest BCUT2D eigenvalue weighted by Gasteiger charge is -2.25. The third-order valence-corrected chi connectivity index (χ3v) is 4.31. The number of nitro benzene ring substituents is 2. The van der Waals surface area contributed by atoms with Gasteiger partial charge in [0.25, 0.3) is 0 Å². The van der Waals surface area contributed by atoms with E-state index < -0.39 is 36.0 Å². The molecule has 128 valence electrons. The second-order valence-corrected chi connectivity index (χ2v) is 7.01. The molecule has 9 nitrogen and oxygen atoms in total. The van der Waals surface area contributed by atoms with E-state index in [1.807, 2.05) is 13.8 Å². The van der Waals surface area contributed by atoms with Crippen molar-refractivity contribution >= 4 is 26.9 Å². The molecule has 0 heterocycles. The molecule has 0 spiro atoms. The number of hydrogen-bond donors (Lipinski definition) is 0. The van der Waals surface area contributed by atoms with Gasteiger partial charge in [-0.25, -0.2) is 8.42 Å². The number of rotatable bonds is 8. The first-order valence-electron chi connectivity index (χ1n) is 7.05. The summed E-state index contributed by atoms with van der Waals surface area (Å²) in [7, 11) is -4.03. The quantitative estimate of drug-likeness (QED) is 0.523. The van der Waals surface area contributed by atoms with E-state index in [0.717, 1.165) is 12.3 Å². The monoisotopic (exact) mass is 345 g/mol. The summed E-state index contributed by atoms with van der Waals surface area (Å²) in [4.78, 5) is 21.5. The van der Waals surface area contributed by atoms with Crippen LogP contribution in [-0.2, 0) is 9.84 Å². The van der Waals surface area contributed by atoms with Gasteiger partial charge in [-0.3, -0.25) is 20.2 Å². The van der Waals surface area contributed by atoms with Crippen LogP contribution < -0.4 is 4.90 Å². The van der Waals surface area contributed by atoms with Gasteiger partial charge >= 0.3 is 11.4 Å². The maximum Gasteiger partial charge on any atom is 0.366 e. The average molecular weight is 345 g/mol. The number of nitro groups is 2. The van der Waals surface area contributed by atoms with Crippen LogP contribution >= 0.6 is 0 Å². The Morgan fingerprint density at radius 1 is 1.04 bits per heavy atom. The Kier molecular flexibility index (Phi) is 6.02. The van der Waals surface area contributed by atoms with E-state index in [9.17, 15) is 28.6 Å². The fraction of sp³-hybridized carbons (Fsp3) is 0.538. The third-order valence-electron chi connectivity index (χ3n) is 3.17. The highest BCUT2D eigenvalue weighted by molar-refractivity contribution is 7.91. The first kappa shape index (κ1) is 18.8. The van der Waals surface area contributed by atoms with Gasteiger partial charge in [0.15, 0.2) is 14.7 Å². The van der Waals surface area contributed by atoms with Gasteiger partial charge in [-0.15, -0.1) is 0 Å². The Balaban J connectivity index is 3.82. The minimum absolute atomic E-state index is 0.133. The van der Waals surface area contributed by atoms with Crippen LogP contribution in [0.2, 0.25) is 0 Å². The van der Waals surface area contributed by atoms with Gasteiger partial charge < -0.3 is 4.90 Å². The SMILES string of the molecule is CCCN(CCC)c1ccc([N+](=O)[O-])c([N+](=O)[O-])c1S(C)(=O)=O. The zero-order valence-electron chi connectivity index (χ0n) is 13.2. The van der Waals surface area contributed by atoms with Crippen LogP contribution in [-0.4, -0.2) is 37.6 Å². The number of sulfone groups is 1. The molecule has 0 unspecified atom stereocenters. The molecule has 0 aliphatic heterocycles. The van der Waals surface area contributed by atoms with Gasteiger partial charge in [0.05, 0.1) is 15.5 Å². The first-order chi connectivity index (χ1) is 10.6. The van der Waals surface area contributed by atoms with E-state index >= 15 is 0 Å². The predicted octanol–water partition coefficient (Wildman–Crippen LogP) is 2.53. The minimum Gasteiger partial charge on any atom is -0.370 e. The first-order valence-corrected chi connectivity index (χ1v) is 8.95. The maximum atomic E-state index is 12.1. The second-order valence-electron chi connectivity index (χ2n) is 5.05. The molecule has 23 heavy (non-hydrogen) atoms. The van der Waals surface area contributed by atoms with E-state index in [2.05, 4.69) is 0 Å². The number of hydrogen-bond acceptors (Lipinski definition) is 7. The lowest BCUT2D eigenvalue weighted by molar-refractivity contribution is -0.424. The van der Waals surface area contributed by atoms with Crippen molar-refractivity contribution in [2.75, 3.05) is 24.2 Å². The summed E-state index contributed by atoms with van der Waals surface area (Å²) < 4.78 is 24.2. The lowest BCUT2D eigenvalue weighted by atomic mass is 10.2. The van der Waals surface area contributed by atoms with Gasteiger partial charge in [0, 0.05) is 25.4 Å². The van der Waals surface area contributed by atoms with Crippen molar-refractivity contribution in [2.45, 2.75) is 31.6 Å². The fourth-order valence-corrected chi connectivity index (χ4v) is 3.49. The minimum atomic E-state index is -4.03. The Labute approximate surface area is 134 Å². The zero-order valence-corrected chi connectivity index (χ0v) is 14.0. The average Bonchev–Trinajstić information content (AvgIpc) is 2.44. The molecule has 10 heteroatoms. The van der Waals surface area contributed by atoms with E-state index in [1.54, 1.807) is 4.90 Å². The molecular formula is C13H19N3O6S. The smallest absolute Gasteiger partial charge is 0.366 e. The summed E-state index contributed by atoms with van der Waals surface area (Å²) in [6.07, 6.45) is 2.22. The fourth-order valence-electron chi connectivity index (χ4n) is 2.38. The highest BCUT2D eigenvalue weighted by atomic mass is 32.2. The van der Waals surface area contributed by atoms with Crippen LogP contribution in [0, 0.1) is 20.2 Å². The van der Waals surface area contributed by atoms with E-state index in [4.69, 9.17) is 0 Å². The maximum absolute atomic E-state index is 12.1. The van der Waals surface area contributed by atoms with Gasteiger partial charge in [-0.05, 0) is 18.9 Å². The lowest BCUT2D eigenvalue weighted by Crippen LogP contribution is -2.27. The van der Waals surface area contributed by atoms with Gasteiger partial charge in [-0.2, -0.15) is 0 Å². The van der Waals surface area contributed by atoms with Crippen molar-refractivity contribution in [3.8, 4) is 0 Å². The number of benzene rings is 1. The normalized spacial score (nSPS) is 11.3. The van der Waals surface area contributed by atoms with Crippen molar-refractivity contribution in [2.24, 2.45) is 0 Å². The molecule has 0 aliphatic rings. The van der Waals surface area contributed by atoms with Crippen LogP contribution in [0.3, 0.4) is 0 Å². The van der Waals surface area contributed by atoms with E-state index in [1.165, 1.54) is 6.07 Å². The summed E-state index contributed by atoms with van der Waals surface area (Å²) in [5.41, 5.74) is -1.67. The van der Waals surface area contributed by atoms with Crippen LogP contribution in [0.5, 0.6) is 0 Å². The Bertz CT molecular complexity index is 711. The molecule has 1 aromatic rings. The zero-order chi connectivity index (χ0) is 17.8. The summed E-state index contributed by atoms with van der Waals surface area (Å²) in [6, 6.07) is 2.26. The molecular weight excluding hydrogens is 326 g/mol. The summed E-state index contributed by atoms with van der Waals surface area (Å²) in [5, 5.41) is 22.3. The molecule has 1 aromatic carbocycles. The summed E-state index contributed by atoms with van der Waals surface area (Å²) in [6.45, 7) is 4.77. The van der Waals surface area contributed by atoms with E-state index in [-0.39, 0.29) is 5.69 Å². The third kappa shape index (κ3) is 4.15. The summed E-state index contributed by atoms with van der Waals surface area (Å²) >= 11 is 0. The molecule has 0 saturated heterocycles. The Morgan fingerprint density at radius 2 is 1.57 bits per heavy atom.